The van der Waals surface area contributed by atoms with Crippen LogP contribution in [0.5, 0.6) is 0 Å². The Morgan fingerprint density at radius 3 is 3.09 bits per heavy atom. The van der Waals surface area contributed by atoms with Crippen molar-refractivity contribution in [2.75, 3.05) is 32.8 Å². The second-order valence-corrected chi connectivity index (χ2v) is 3.08. The van der Waals surface area contributed by atoms with Crippen molar-refractivity contribution in [3.8, 4) is 0 Å². The number of hydrogen-bond donors (Lipinski definition) is 2. The highest BCUT2D eigenvalue weighted by Crippen LogP contribution is 2.02. The summed E-state index contributed by atoms with van der Waals surface area (Å²) in [5.41, 5.74) is 0. The maximum Gasteiger partial charge on any atom is 0.0599 e. The van der Waals surface area contributed by atoms with Crippen molar-refractivity contribution < 1.29 is 5.11 Å². The first-order chi connectivity index (χ1) is 5.38. The minimum Gasteiger partial charge on any atom is -0.395 e. The Balaban J connectivity index is 2.31. The Hall–Kier alpha value is -0.120. The molecular weight excluding hydrogens is 140 g/mol. The smallest absolute Gasteiger partial charge is 0.0599 e. The van der Waals surface area contributed by atoms with Crippen molar-refractivity contribution in [3.05, 3.63) is 0 Å². The molecule has 11 heavy (non-hydrogen) atoms. The molecule has 1 aliphatic heterocycles. The molecule has 2 N–H and O–H groups in total. The fourth-order valence-corrected chi connectivity index (χ4v) is 1.56. The minimum atomic E-state index is 0.285. The van der Waals surface area contributed by atoms with E-state index < -0.39 is 0 Å². The molecule has 1 fully saturated rings. The van der Waals surface area contributed by atoms with Gasteiger partial charge in [-0.15, -0.1) is 0 Å². The summed E-state index contributed by atoms with van der Waals surface area (Å²) in [6.45, 7) is 6.67. The van der Waals surface area contributed by atoms with Crippen molar-refractivity contribution in [1.29, 1.82) is 0 Å². The molecule has 66 valence electrons. The third-order valence-corrected chi connectivity index (χ3v) is 2.19. The highest BCUT2D eigenvalue weighted by atomic mass is 16.3. The molecule has 3 nitrogen and oxygen atoms in total. The first-order valence-electron chi connectivity index (χ1n) is 4.44. The standard InChI is InChI=1S/C8H18N2O/c1-2-4-10-5-3-9-6-8(10)7-11/h8-9,11H,2-7H2,1H3. The summed E-state index contributed by atoms with van der Waals surface area (Å²) < 4.78 is 0. The molecule has 0 aromatic carbocycles. The molecule has 1 atom stereocenters. The lowest BCUT2D eigenvalue weighted by molar-refractivity contribution is 0.101. The lowest BCUT2D eigenvalue weighted by Gasteiger charge is -2.34. The molecule has 0 aromatic heterocycles. The fraction of sp³-hybridized carbons (Fsp3) is 1.00. The van der Waals surface area contributed by atoms with Gasteiger partial charge in [-0.05, 0) is 13.0 Å². The van der Waals surface area contributed by atoms with E-state index in [0.29, 0.717) is 6.04 Å². The van der Waals surface area contributed by atoms with Crippen LogP contribution in [-0.2, 0) is 0 Å². The van der Waals surface area contributed by atoms with Crippen LogP contribution >= 0.6 is 0 Å². The lowest BCUT2D eigenvalue weighted by atomic mass is 10.2. The van der Waals surface area contributed by atoms with Gasteiger partial charge in [0.05, 0.1) is 6.61 Å². The van der Waals surface area contributed by atoms with Crippen molar-refractivity contribution in [1.82, 2.24) is 10.2 Å². The largest absolute Gasteiger partial charge is 0.395 e. The number of nitrogens with one attached hydrogen (secondary N) is 1. The molecule has 1 saturated heterocycles. The van der Waals surface area contributed by atoms with Gasteiger partial charge in [0.15, 0.2) is 0 Å². The predicted molar refractivity (Wildman–Crippen MR) is 45.6 cm³/mol. The predicted octanol–water partition coefficient (Wildman–Crippen LogP) is -0.338. The monoisotopic (exact) mass is 158 g/mol. The Morgan fingerprint density at radius 1 is 1.64 bits per heavy atom. The number of nitrogens with zero attached hydrogens (tertiary/aromatic N) is 1. The maximum absolute atomic E-state index is 9.01. The van der Waals surface area contributed by atoms with Crippen molar-refractivity contribution in [3.63, 3.8) is 0 Å². The molecule has 1 rings (SSSR count). The van der Waals surface area contributed by atoms with Gasteiger partial charge in [-0.2, -0.15) is 0 Å². The van der Waals surface area contributed by atoms with E-state index in [2.05, 4.69) is 17.1 Å². The summed E-state index contributed by atoms with van der Waals surface area (Å²) in [5, 5.41) is 12.3. The van der Waals surface area contributed by atoms with E-state index in [1.807, 2.05) is 0 Å². The topological polar surface area (TPSA) is 35.5 Å². The fourth-order valence-electron chi connectivity index (χ4n) is 1.56. The average molecular weight is 158 g/mol. The third-order valence-electron chi connectivity index (χ3n) is 2.19. The molecule has 0 amide bonds. The number of piperazine rings is 1. The zero-order chi connectivity index (χ0) is 8.10. The van der Waals surface area contributed by atoms with Gasteiger partial charge in [0.2, 0.25) is 0 Å². The molecule has 3 heteroatoms. The number of hydrogen-bond acceptors (Lipinski definition) is 3. The van der Waals surface area contributed by atoms with Crippen LogP contribution in [0.4, 0.5) is 0 Å². The van der Waals surface area contributed by atoms with Gasteiger partial charge in [0, 0.05) is 25.7 Å². The van der Waals surface area contributed by atoms with Gasteiger partial charge < -0.3 is 10.4 Å². The van der Waals surface area contributed by atoms with Crippen LogP contribution in [0.15, 0.2) is 0 Å². The van der Waals surface area contributed by atoms with Crippen LogP contribution in [0.25, 0.3) is 0 Å². The van der Waals surface area contributed by atoms with Crippen molar-refractivity contribution >= 4 is 0 Å². The van der Waals surface area contributed by atoms with Crippen LogP contribution in [0.2, 0.25) is 0 Å². The van der Waals surface area contributed by atoms with Gasteiger partial charge in [-0.3, -0.25) is 4.90 Å². The maximum atomic E-state index is 9.01. The molecule has 0 aliphatic carbocycles. The normalized spacial score (nSPS) is 27.3. The van der Waals surface area contributed by atoms with E-state index in [0.717, 1.165) is 26.2 Å². The van der Waals surface area contributed by atoms with E-state index in [-0.39, 0.29) is 6.61 Å². The van der Waals surface area contributed by atoms with E-state index in [1.165, 1.54) is 6.42 Å². The quantitative estimate of drug-likeness (QED) is 0.590. The molecule has 1 heterocycles. The average Bonchev–Trinajstić information content (AvgIpc) is 2.06. The third kappa shape index (κ3) is 2.43. The lowest BCUT2D eigenvalue weighted by Crippen LogP contribution is -2.52. The van der Waals surface area contributed by atoms with Crippen LogP contribution in [0, 0.1) is 0 Å². The number of aliphatic hydroxyl groups is 1. The zero-order valence-corrected chi connectivity index (χ0v) is 7.21. The van der Waals surface area contributed by atoms with Crippen molar-refractivity contribution in [2.24, 2.45) is 0 Å². The summed E-state index contributed by atoms with van der Waals surface area (Å²) in [6, 6.07) is 0.351. The van der Waals surface area contributed by atoms with Gasteiger partial charge in [0.1, 0.15) is 0 Å². The Bertz CT molecular complexity index is 106. The van der Waals surface area contributed by atoms with E-state index >= 15 is 0 Å². The summed E-state index contributed by atoms with van der Waals surface area (Å²) >= 11 is 0. The van der Waals surface area contributed by atoms with Crippen LogP contribution in [0.1, 0.15) is 13.3 Å². The van der Waals surface area contributed by atoms with E-state index in [9.17, 15) is 0 Å². The van der Waals surface area contributed by atoms with Crippen molar-refractivity contribution in [2.45, 2.75) is 19.4 Å². The SMILES string of the molecule is CCCN1CCNCC1CO. The van der Waals surface area contributed by atoms with E-state index in [4.69, 9.17) is 5.11 Å². The molecule has 0 aromatic rings. The molecule has 1 aliphatic rings. The number of rotatable bonds is 3. The molecule has 0 saturated carbocycles. The summed E-state index contributed by atoms with van der Waals surface area (Å²) in [4.78, 5) is 2.36. The summed E-state index contributed by atoms with van der Waals surface area (Å²) in [6.07, 6.45) is 1.18. The highest BCUT2D eigenvalue weighted by Gasteiger charge is 2.19. The Morgan fingerprint density at radius 2 is 2.45 bits per heavy atom. The van der Waals surface area contributed by atoms with E-state index in [1.54, 1.807) is 0 Å². The summed E-state index contributed by atoms with van der Waals surface area (Å²) in [7, 11) is 0. The number of aliphatic hydroxyl groups excluding tert-OH is 1. The van der Waals surface area contributed by atoms with Crippen LogP contribution in [-0.4, -0.2) is 48.8 Å². The highest BCUT2D eigenvalue weighted by molar-refractivity contribution is 4.78. The molecule has 0 spiro atoms. The Labute approximate surface area is 68.4 Å². The molecular formula is C8H18N2O. The Kier molecular flexibility index (Phi) is 3.83. The second kappa shape index (κ2) is 4.70. The minimum absolute atomic E-state index is 0.285. The van der Waals surface area contributed by atoms with Gasteiger partial charge in [-0.25, -0.2) is 0 Å². The molecule has 0 bridgehead atoms. The molecule has 0 radical (unpaired) electrons. The summed E-state index contributed by atoms with van der Waals surface area (Å²) in [5.74, 6) is 0. The van der Waals surface area contributed by atoms with Gasteiger partial charge in [-0.1, -0.05) is 6.92 Å². The van der Waals surface area contributed by atoms with Gasteiger partial charge >= 0.3 is 0 Å². The zero-order valence-electron chi connectivity index (χ0n) is 7.21. The first kappa shape index (κ1) is 8.97. The van der Waals surface area contributed by atoms with Gasteiger partial charge in [0.25, 0.3) is 0 Å². The van der Waals surface area contributed by atoms with Crippen LogP contribution < -0.4 is 5.32 Å². The molecule has 1 unspecified atom stereocenters. The second-order valence-electron chi connectivity index (χ2n) is 3.08. The first-order valence-corrected chi connectivity index (χ1v) is 4.44. The van der Waals surface area contributed by atoms with Crippen LogP contribution in [0.3, 0.4) is 0 Å².